The Labute approximate surface area is 182 Å². The quantitative estimate of drug-likeness (QED) is 0.450. The maximum absolute atomic E-state index is 12.7. The molecule has 0 fully saturated rings. The number of carbonyl (C=O) groups is 1. The molecule has 0 saturated heterocycles. The fourth-order valence-corrected chi connectivity index (χ4v) is 3.21. The number of ether oxygens (including phenoxy) is 1. The van der Waals surface area contributed by atoms with Crippen molar-refractivity contribution in [2.24, 2.45) is 0 Å². The summed E-state index contributed by atoms with van der Waals surface area (Å²) in [6, 6.07) is 18.5. The molecule has 4 aromatic rings. The van der Waals surface area contributed by atoms with Crippen LogP contribution < -0.4 is 10.1 Å². The van der Waals surface area contributed by atoms with Gasteiger partial charge >= 0.3 is 0 Å². The first-order chi connectivity index (χ1) is 14.6. The molecule has 0 bridgehead atoms. The van der Waals surface area contributed by atoms with Crippen molar-refractivity contribution in [3.05, 3.63) is 94.4 Å². The minimum Gasteiger partial charge on any atom is -0.470 e. The van der Waals surface area contributed by atoms with Gasteiger partial charge in [0.05, 0.1) is 11.6 Å². The Hall–Kier alpha value is -3.29. The average Bonchev–Trinajstić information content (AvgIpc) is 3.35. The summed E-state index contributed by atoms with van der Waals surface area (Å²) in [5.41, 5.74) is 1.38. The van der Waals surface area contributed by atoms with Crippen LogP contribution in [-0.2, 0) is 13.3 Å². The van der Waals surface area contributed by atoms with Gasteiger partial charge in [-0.2, -0.15) is 10.2 Å². The summed E-state index contributed by atoms with van der Waals surface area (Å²) in [4.78, 5) is 12.7. The van der Waals surface area contributed by atoms with E-state index >= 15 is 0 Å². The average molecular weight is 442 g/mol. The normalized spacial score (nSPS) is 10.7. The molecule has 0 unspecified atom stereocenters. The van der Waals surface area contributed by atoms with Crippen LogP contribution in [0.2, 0.25) is 10.0 Å². The van der Waals surface area contributed by atoms with Crippen molar-refractivity contribution in [2.45, 2.75) is 13.3 Å². The standard InChI is InChI=1S/C21H17Cl2N5O2/c22-16-8-4-5-9-19(16)30-14-28-18(10-11-24-28)21(29)25-20-17(23)13-27(26-20)12-15-6-2-1-3-7-15/h1-11,13H,12,14H2,(H,25,26,29). The zero-order valence-electron chi connectivity index (χ0n) is 15.7. The van der Waals surface area contributed by atoms with Crippen molar-refractivity contribution in [1.29, 1.82) is 0 Å². The number of halogens is 2. The van der Waals surface area contributed by atoms with E-state index in [1.54, 1.807) is 29.1 Å². The molecule has 9 heteroatoms. The number of para-hydroxylation sites is 1. The smallest absolute Gasteiger partial charge is 0.275 e. The molecule has 30 heavy (non-hydrogen) atoms. The van der Waals surface area contributed by atoms with E-state index in [0.29, 0.717) is 28.0 Å². The first kappa shape index (κ1) is 20.0. The van der Waals surface area contributed by atoms with Crippen LogP contribution in [0.3, 0.4) is 0 Å². The Bertz CT molecular complexity index is 1160. The van der Waals surface area contributed by atoms with Crippen LogP contribution in [-0.4, -0.2) is 25.5 Å². The lowest BCUT2D eigenvalue weighted by molar-refractivity contribution is 0.100. The van der Waals surface area contributed by atoms with Gasteiger partial charge in [0.15, 0.2) is 12.5 Å². The van der Waals surface area contributed by atoms with Crippen LogP contribution in [0.4, 0.5) is 5.82 Å². The largest absolute Gasteiger partial charge is 0.470 e. The van der Waals surface area contributed by atoms with E-state index in [-0.39, 0.29) is 12.5 Å². The summed E-state index contributed by atoms with van der Waals surface area (Å²) in [6.45, 7) is 0.565. The van der Waals surface area contributed by atoms with Gasteiger partial charge in [0.25, 0.3) is 5.91 Å². The second-order valence-electron chi connectivity index (χ2n) is 6.38. The van der Waals surface area contributed by atoms with E-state index in [1.807, 2.05) is 42.5 Å². The minimum absolute atomic E-state index is 0.0235. The Kier molecular flexibility index (Phi) is 6.02. The Morgan fingerprint density at radius 1 is 1.00 bits per heavy atom. The third kappa shape index (κ3) is 4.64. The molecule has 4 rings (SSSR count). The molecule has 0 aliphatic carbocycles. The molecule has 0 saturated carbocycles. The fourth-order valence-electron chi connectivity index (χ4n) is 2.83. The molecular weight excluding hydrogens is 425 g/mol. The maximum atomic E-state index is 12.7. The van der Waals surface area contributed by atoms with Gasteiger partial charge in [-0.1, -0.05) is 65.7 Å². The number of benzene rings is 2. The Morgan fingerprint density at radius 2 is 1.77 bits per heavy atom. The van der Waals surface area contributed by atoms with Gasteiger partial charge in [0, 0.05) is 12.4 Å². The number of amides is 1. The zero-order chi connectivity index (χ0) is 20.9. The van der Waals surface area contributed by atoms with Crippen LogP contribution >= 0.6 is 23.2 Å². The van der Waals surface area contributed by atoms with Crippen LogP contribution in [0.25, 0.3) is 0 Å². The highest BCUT2D eigenvalue weighted by Gasteiger charge is 2.17. The molecule has 2 heterocycles. The summed E-state index contributed by atoms with van der Waals surface area (Å²) in [5.74, 6) is 0.378. The predicted molar refractivity (Wildman–Crippen MR) is 115 cm³/mol. The maximum Gasteiger partial charge on any atom is 0.275 e. The topological polar surface area (TPSA) is 74.0 Å². The number of nitrogens with one attached hydrogen (secondary N) is 1. The van der Waals surface area contributed by atoms with Crippen LogP contribution in [0.15, 0.2) is 73.1 Å². The number of aromatic nitrogens is 4. The highest BCUT2D eigenvalue weighted by atomic mass is 35.5. The fraction of sp³-hybridized carbons (Fsp3) is 0.0952. The van der Waals surface area contributed by atoms with E-state index in [0.717, 1.165) is 5.56 Å². The molecule has 2 aromatic heterocycles. The number of nitrogens with zero attached hydrogens (tertiary/aromatic N) is 4. The van der Waals surface area contributed by atoms with E-state index in [2.05, 4.69) is 15.5 Å². The van der Waals surface area contributed by atoms with Gasteiger partial charge < -0.3 is 10.1 Å². The lowest BCUT2D eigenvalue weighted by Crippen LogP contribution is -2.20. The summed E-state index contributed by atoms with van der Waals surface area (Å²) in [5, 5.41) is 12.0. The van der Waals surface area contributed by atoms with E-state index < -0.39 is 5.91 Å². The third-order valence-electron chi connectivity index (χ3n) is 4.26. The highest BCUT2D eigenvalue weighted by molar-refractivity contribution is 6.33. The number of carbonyl (C=O) groups excluding carboxylic acids is 1. The van der Waals surface area contributed by atoms with Crippen molar-refractivity contribution < 1.29 is 9.53 Å². The molecule has 2 aromatic carbocycles. The Morgan fingerprint density at radius 3 is 2.57 bits per heavy atom. The molecule has 1 amide bonds. The van der Waals surface area contributed by atoms with E-state index in [9.17, 15) is 4.79 Å². The van der Waals surface area contributed by atoms with Crippen molar-refractivity contribution in [2.75, 3.05) is 5.32 Å². The summed E-state index contributed by atoms with van der Waals surface area (Å²) in [6.07, 6.45) is 3.18. The lowest BCUT2D eigenvalue weighted by atomic mass is 10.2. The van der Waals surface area contributed by atoms with Gasteiger partial charge in [0.2, 0.25) is 0 Å². The van der Waals surface area contributed by atoms with Crippen molar-refractivity contribution in [1.82, 2.24) is 19.6 Å². The second-order valence-corrected chi connectivity index (χ2v) is 7.20. The highest BCUT2D eigenvalue weighted by Crippen LogP contribution is 2.24. The Balaban J connectivity index is 1.44. The molecule has 0 aliphatic rings. The van der Waals surface area contributed by atoms with Gasteiger partial charge in [-0.25, -0.2) is 4.68 Å². The summed E-state index contributed by atoms with van der Waals surface area (Å²) < 4.78 is 8.76. The third-order valence-corrected chi connectivity index (χ3v) is 4.85. The molecule has 7 nitrogen and oxygen atoms in total. The van der Waals surface area contributed by atoms with E-state index in [1.165, 1.54) is 10.9 Å². The SMILES string of the molecule is O=C(Nc1nn(Cc2ccccc2)cc1Cl)c1ccnn1COc1ccccc1Cl. The van der Waals surface area contributed by atoms with Gasteiger partial charge in [-0.05, 0) is 23.8 Å². The van der Waals surface area contributed by atoms with Crippen molar-refractivity contribution in [3.8, 4) is 5.75 Å². The van der Waals surface area contributed by atoms with Crippen molar-refractivity contribution >= 4 is 34.9 Å². The molecule has 0 aliphatic heterocycles. The number of hydrogen-bond acceptors (Lipinski definition) is 4. The summed E-state index contributed by atoms with van der Waals surface area (Å²) >= 11 is 12.3. The zero-order valence-corrected chi connectivity index (χ0v) is 17.2. The van der Waals surface area contributed by atoms with Crippen LogP contribution in [0.5, 0.6) is 5.75 Å². The van der Waals surface area contributed by atoms with Gasteiger partial charge in [0.1, 0.15) is 16.5 Å². The molecule has 0 atom stereocenters. The van der Waals surface area contributed by atoms with Gasteiger partial charge in [-0.15, -0.1) is 0 Å². The van der Waals surface area contributed by atoms with Crippen LogP contribution in [0.1, 0.15) is 16.1 Å². The molecule has 0 spiro atoms. The van der Waals surface area contributed by atoms with E-state index in [4.69, 9.17) is 27.9 Å². The molecular formula is C21H17Cl2N5O2. The predicted octanol–water partition coefficient (Wildman–Crippen LogP) is 4.72. The number of hydrogen-bond donors (Lipinski definition) is 1. The first-order valence-electron chi connectivity index (χ1n) is 9.07. The molecule has 0 radical (unpaired) electrons. The molecule has 1 N–H and O–H groups in total. The molecule has 152 valence electrons. The van der Waals surface area contributed by atoms with Gasteiger partial charge in [-0.3, -0.25) is 9.48 Å². The first-order valence-corrected chi connectivity index (χ1v) is 9.83. The number of anilines is 1. The van der Waals surface area contributed by atoms with Crippen LogP contribution in [0, 0.1) is 0 Å². The summed E-state index contributed by atoms with van der Waals surface area (Å²) in [7, 11) is 0. The second kappa shape index (κ2) is 9.02. The monoisotopic (exact) mass is 441 g/mol. The number of rotatable bonds is 7. The minimum atomic E-state index is -0.401. The van der Waals surface area contributed by atoms with Crippen molar-refractivity contribution in [3.63, 3.8) is 0 Å². The lowest BCUT2D eigenvalue weighted by Gasteiger charge is -2.10.